The molecule has 0 spiro atoms. The van der Waals surface area contributed by atoms with Gasteiger partial charge in [0.05, 0.1) is 12.2 Å². The Bertz CT molecular complexity index is 1270. The summed E-state index contributed by atoms with van der Waals surface area (Å²) in [6, 6.07) is 18.8. The van der Waals surface area contributed by atoms with E-state index in [0.29, 0.717) is 13.2 Å². The van der Waals surface area contributed by atoms with E-state index in [4.69, 9.17) is 26.2 Å². The van der Waals surface area contributed by atoms with Crippen molar-refractivity contribution >= 4 is 28.5 Å². The molecule has 0 radical (unpaired) electrons. The van der Waals surface area contributed by atoms with E-state index in [-0.39, 0.29) is 5.56 Å². The first-order valence-corrected chi connectivity index (χ1v) is 11.2. The Hall–Kier alpha value is -3.44. The zero-order chi connectivity index (χ0) is 23.4. The Labute approximate surface area is 198 Å². The Balaban J connectivity index is 1.33. The summed E-state index contributed by atoms with van der Waals surface area (Å²) in [6.07, 6.45) is 2.95. The molecule has 4 rings (SSSR count). The molecule has 0 bridgehead atoms. The van der Waals surface area contributed by atoms with E-state index in [1.807, 2.05) is 50.2 Å². The quantitative estimate of drug-likeness (QED) is 0.282. The molecule has 1 N–H and O–H groups in total. The molecule has 1 heterocycles. The van der Waals surface area contributed by atoms with Crippen molar-refractivity contribution in [1.82, 2.24) is 4.57 Å². The van der Waals surface area contributed by atoms with Gasteiger partial charge in [0, 0.05) is 28.7 Å². The first-order valence-electron chi connectivity index (χ1n) is 10.8. The van der Waals surface area contributed by atoms with Gasteiger partial charge in [0.25, 0.3) is 0 Å². The lowest BCUT2D eigenvalue weighted by Crippen LogP contribution is -2.04. The average molecular weight is 464 g/mol. The lowest BCUT2D eigenvalue weighted by molar-refractivity contribution is 0.0696. The summed E-state index contributed by atoms with van der Waals surface area (Å²) in [5, 5.41) is 11.0. The Kier molecular flexibility index (Phi) is 6.90. The van der Waals surface area contributed by atoms with Crippen molar-refractivity contribution in [2.75, 3.05) is 6.61 Å². The second kappa shape index (κ2) is 10.0. The van der Waals surface area contributed by atoms with Crippen LogP contribution in [-0.4, -0.2) is 22.2 Å². The molecule has 4 aromatic rings. The van der Waals surface area contributed by atoms with E-state index in [1.54, 1.807) is 18.2 Å². The highest BCUT2D eigenvalue weighted by Crippen LogP contribution is 2.26. The predicted octanol–water partition coefficient (Wildman–Crippen LogP) is 6.66. The van der Waals surface area contributed by atoms with Gasteiger partial charge in [-0.15, -0.1) is 0 Å². The summed E-state index contributed by atoms with van der Waals surface area (Å²) in [6.45, 7) is 5.75. The molecule has 0 amide bonds. The van der Waals surface area contributed by atoms with Crippen molar-refractivity contribution in [3.05, 3.63) is 94.1 Å². The monoisotopic (exact) mass is 463 g/mol. The Morgan fingerprint density at radius 1 is 0.970 bits per heavy atom. The number of aryl methyl sites for hydroxylation is 3. The molecule has 170 valence electrons. The lowest BCUT2D eigenvalue weighted by Gasteiger charge is -2.11. The molecule has 0 saturated carbocycles. The van der Waals surface area contributed by atoms with Crippen molar-refractivity contribution in [2.24, 2.45) is 0 Å². The molecule has 0 aliphatic heterocycles. The third-order valence-corrected chi connectivity index (χ3v) is 6.14. The van der Waals surface area contributed by atoms with Crippen molar-refractivity contribution in [1.29, 1.82) is 0 Å². The fourth-order valence-electron chi connectivity index (χ4n) is 3.84. The first kappa shape index (κ1) is 22.7. The van der Waals surface area contributed by atoms with Crippen molar-refractivity contribution < 1.29 is 19.4 Å². The number of aromatic nitrogens is 1. The number of carboxylic acids is 1. The fourth-order valence-corrected chi connectivity index (χ4v) is 3.95. The summed E-state index contributed by atoms with van der Waals surface area (Å²) in [7, 11) is 0. The zero-order valence-electron chi connectivity index (χ0n) is 18.7. The molecule has 0 unspecified atom stereocenters. The third-order valence-electron chi connectivity index (χ3n) is 5.54. The second-order valence-corrected chi connectivity index (χ2v) is 8.47. The summed E-state index contributed by atoms with van der Waals surface area (Å²) in [5.74, 6) is 0.656. The number of hydrogen-bond acceptors (Lipinski definition) is 3. The second-order valence-electron chi connectivity index (χ2n) is 8.10. The van der Waals surface area contributed by atoms with Crippen LogP contribution in [0.15, 0.2) is 66.9 Å². The van der Waals surface area contributed by atoms with Crippen LogP contribution in [0.3, 0.4) is 0 Å². The van der Waals surface area contributed by atoms with Crippen LogP contribution < -0.4 is 9.47 Å². The Morgan fingerprint density at radius 3 is 2.52 bits per heavy atom. The van der Waals surface area contributed by atoms with Gasteiger partial charge in [0.2, 0.25) is 0 Å². The van der Waals surface area contributed by atoms with E-state index in [9.17, 15) is 4.79 Å². The van der Waals surface area contributed by atoms with Crippen molar-refractivity contribution in [3.63, 3.8) is 0 Å². The maximum atomic E-state index is 11.1. The number of halogens is 1. The van der Waals surface area contributed by atoms with E-state index in [1.165, 1.54) is 0 Å². The van der Waals surface area contributed by atoms with Gasteiger partial charge in [0.1, 0.15) is 18.1 Å². The topological polar surface area (TPSA) is 60.7 Å². The third kappa shape index (κ3) is 5.49. The first-order chi connectivity index (χ1) is 15.9. The minimum absolute atomic E-state index is 0.258. The summed E-state index contributed by atoms with van der Waals surface area (Å²) < 4.78 is 14.0. The van der Waals surface area contributed by atoms with Gasteiger partial charge >= 0.3 is 5.97 Å². The molecule has 0 aliphatic carbocycles. The van der Waals surface area contributed by atoms with Crippen LogP contribution in [0, 0.1) is 13.8 Å². The highest BCUT2D eigenvalue weighted by atomic mass is 35.5. The normalized spacial score (nSPS) is 11.0. The van der Waals surface area contributed by atoms with E-state index >= 15 is 0 Å². The number of benzene rings is 3. The highest BCUT2D eigenvalue weighted by molar-refractivity contribution is 6.32. The largest absolute Gasteiger partial charge is 0.494 e. The maximum Gasteiger partial charge on any atom is 0.335 e. The molecule has 0 atom stereocenters. The molecule has 33 heavy (non-hydrogen) atoms. The average Bonchev–Trinajstić information content (AvgIpc) is 3.21. The molecule has 6 heteroatoms. The molecular formula is C27H26ClNO4. The Morgan fingerprint density at radius 2 is 1.76 bits per heavy atom. The predicted molar refractivity (Wildman–Crippen MR) is 131 cm³/mol. The number of nitrogens with zero attached hydrogens (tertiary/aromatic N) is 1. The molecule has 3 aromatic carbocycles. The SMILES string of the molecule is Cc1cc(OCCCn2ccc3cc(OCc4cccc(C(=O)O)c4)ccc32)cc(C)c1Cl. The van der Waals surface area contributed by atoms with Gasteiger partial charge < -0.3 is 19.1 Å². The molecule has 5 nitrogen and oxygen atoms in total. The fraction of sp³-hybridized carbons (Fsp3) is 0.222. The van der Waals surface area contributed by atoms with Crippen molar-refractivity contribution in [3.8, 4) is 11.5 Å². The summed E-state index contributed by atoms with van der Waals surface area (Å²) in [5.41, 5.74) is 4.26. The lowest BCUT2D eigenvalue weighted by atomic mass is 10.1. The van der Waals surface area contributed by atoms with E-state index < -0.39 is 5.97 Å². The number of aromatic carboxylic acids is 1. The number of hydrogen-bond donors (Lipinski definition) is 1. The molecule has 0 saturated heterocycles. The summed E-state index contributed by atoms with van der Waals surface area (Å²) in [4.78, 5) is 11.1. The van der Waals surface area contributed by atoms with Gasteiger partial charge in [-0.05, 0) is 85.5 Å². The maximum absolute atomic E-state index is 11.1. The van der Waals surface area contributed by atoms with E-state index in [0.717, 1.165) is 57.1 Å². The highest BCUT2D eigenvalue weighted by Gasteiger charge is 2.07. The summed E-state index contributed by atoms with van der Waals surface area (Å²) >= 11 is 6.22. The van der Waals surface area contributed by atoms with Crippen molar-refractivity contribution in [2.45, 2.75) is 33.4 Å². The zero-order valence-corrected chi connectivity index (χ0v) is 19.4. The molecular weight excluding hydrogens is 438 g/mol. The van der Waals surface area contributed by atoms with Gasteiger partial charge in [-0.3, -0.25) is 0 Å². The van der Waals surface area contributed by atoms with Crippen LogP contribution in [0.4, 0.5) is 0 Å². The number of carboxylic acid groups (broad SMARTS) is 1. The number of ether oxygens (including phenoxy) is 2. The minimum Gasteiger partial charge on any atom is -0.494 e. The molecule has 1 aromatic heterocycles. The smallest absolute Gasteiger partial charge is 0.335 e. The molecule has 0 fully saturated rings. The van der Waals surface area contributed by atoms with Crippen LogP contribution in [0.5, 0.6) is 11.5 Å². The van der Waals surface area contributed by atoms with Crippen LogP contribution in [0.1, 0.15) is 33.5 Å². The molecule has 0 aliphatic rings. The van der Waals surface area contributed by atoms with Gasteiger partial charge in [0.15, 0.2) is 0 Å². The van der Waals surface area contributed by atoms with Crippen LogP contribution in [0.2, 0.25) is 5.02 Å². The van der Waals surface area contributed by atoms with Gasteiger partial charge in [-0.25, -0.2) is 4.79 Å². The van der Waals surface area contributed by atoms with E-state index in [2.05, 4.69) is 16.8 Å². The van der Waals surface area contributed by atoms with Gasteiger partial charge in [-0.2, -0.15) is 0 Å². The van der Waals surface area contributed by atoms with Gasteiger partial charge in [-0.1, -0.05) is 23.7 Å². The van der Waals surface area contributed by atoms with Crippen LogP contribution >= 0.6 is 11.6 Å². The number of rotatable bonds is 9. The van der Waals surface area contributed by atoms with Crippen LogP contribution in [0.25, 0.3) is 10.9 Å². The minimum atomic E-state index is -0.941. The van der Waals surface area contributed by atoms with Crippen LogP contribution in [-0.2, 0) is 13.2 Å². The number of carbonyl (C=O) groups is 1. The number of fused-ring (bicyclic) bond motifs is 1. The standard InChI is InChI=1S/C27H26ClNO4/c1-18-13-24(14-19(2)26(18)28)32-12-4-10-29-11-9-21-16-23(7-8-25(21)29)33-17-20-5-3-6-22(15-20)27(30)31/h3,5-9,11,13-16H,4,10,12,17H2,1-2H3,(H,30,31).